The van der Waals surface area contributed by atoms with E-state index in [1.54, 1.807) is 12.1 Å². The highest BCUT2D eigenvalue weighted by atomic mass is 16.5. The zero-order chi connectivity index (χ0) is 13.0. The Kier molecular flexibility index (Phi) is 3.52. The highest BCUT2D eigenvalue weighted by molar-refractivity contribution is 5.72. The molecule has 0 amide bonds. The number of nitrogens with zero attached hydrogens (tertiary/aromatic N) is 1. The summed E-state index contributed by atoms with van der Waals surface area (Å²) in [5, 5.41) is 8.67. The van der Waals surface area contributed by atoms with E-state index in [0.717, 1.165) is 18.4 Å². The number of ether oxygens (including phenoxy) is 1. The molecule has 1 aromatic rings. The van der Waals surface area contributed by atoms with Crippen LogP contribution < -0.4 is 5.73 Å². The predicted octanol–water partition coefficient (Wildman–Crippen LogP) is 2.05. The van der Waals surface area contributed by atoms with E-state index in [2.05, 4.69) is 6.07 Å². The van der Waals surface area contributed by atoms with Crippen LogP contribution in [0.4, 0.5) is 5.69 Å². The van der Waals surface area contributed by atoms with Crippen LogP contribution in [0.5, 0.6) is 0 Å². The Bertz CT molecular complexity index is 470. The fourth-order valence-corrected chi connectivity index (χ4v) is 1.80. The van der Waals surface area contributed by atoms with Gasteiger partial charge in [-0.05, 0) is 30.5 Å². The Hall–Kier alpha value is -2.02. The van der Waals surface area contributed by atoms with Gasteiger partial charge in [0, 0.05) is 17.5 Å². The van der Waals surface area contributed by atoms with Gasteiger partial charge in [0.25, 0.3) is 0 Å². The molecule has 0 saturated heterocycles. The summed E-state index contributed by atoms with van der Waals surface area (Å²) in [6.07, 6.45) is 2.69. The minimum atomic E-state index is -0.246. The molecule has 4 heteroatoms. The standard InChI is InChI=1S/C14H16N2O2/c15-8-7-14(5-6-14)10-18-13(17)9-11-1-3-12(16)4-2-11/h1-4H,5-7,9-10,16H2. The van der Waals surface area contributed by atoms with Gasteiger partial charge in [-0.2, -0.15) is 5.26 Å². The van der Waals surface area contributed by atoms with Crippen LogP contribution >= 0.6 is 0 Å². The van der Waals surface area contributed by atoms with Gasteiger partial charge < -0.3 is 10.5 Å². The van der Waals surface area contributed by atoms with Crippen LogP contribution in [0.25, 0.3) is 0 Å². The first-order valence-corrected chi connectivity index (χ1v) is 6.01. The molecule has 0 spiro atoms. The first-order chi connectivity index (χ1) is 8.63. The lowest BCUT2D eigenvalue weighted by Gasteiger charge is -2.11. The van der Waals surface area contributed by atoms with Crippen molar-refractivity contribution in [3.8, 4) is 6.07 Å². The number of nitrogen functional groups attached to an aromatic ring is 1. The topological polar surface area (TPSA) is 76.1 Å². The summed E-state index contributed by atoms with van der Waals surface area (Å²) in [6.45, 7) is 0.369. The number of nitrogens with two attached hydrogens (primary N) is 1. The number of esters is 1. The summed E-state index contributed by atoms with van der Waals surface area (Å²) in [5.41, 5.74) is 7.09. The number of rotatable bonds is 5. The molecule has 0 radical (unpaired) electrons. The lowest BCUT2D eigenvalue weighted by molar-refractivity contribution is -0.144. The number of anilines is 1. The molecule has 0 heterocycles. The zero-order valence-corrected chi connectivity index (χ0v) is 10.2. The van der Waals surface area contributed by atoms with Gasteiger partial charge in [-0.15, -0.1) is 0 Å². The second-order valence-corrected chi connectivity index (χ2v) is 4.91. The molecule has 0 aromatic heterocycles. The van der Waals surface area contributed by atoms with Crippen LogP contribution in [0.1, 0.15) is 24.8 Å². The van der Waals surface area contributed by atoms with Crippen molar-refractivity contribution in [1.29, 1.82) is 5.26 Å². The molecule has 1 fully saturated rings. The van der Waals surface area contributed by atoms with Crippen molar-refractivity contribution in [1.82, 2.24) is 0 Å². The lowest BCUT2D eigenvalue weighted by Crippen LogP contribution is -2.16. The van der Waals surface area contributed by atoms with Crippen molar-refractivity contribution < 1.29 is 9.53 Å². The average Bonchev–Trinajstić information content (AvgIpc) is 3.11. The van der Waals surface area contributed by atoms with Crippen molar-refractivity contribution in [3.63, 3.8) is 0 Å². The number of benzene rings is 1. The van der Waals surface area contributed by atoms with Crippen molar-refractivity contribution in [2.75, 3.05) is 12.3 Å². The molecule has 2 N–H and O–H groups in total. The Morgan fingerprint density at radius 3 is 2.61 bits per heavy atom. The van der Waals surface area contributed by atoms with E-state index in [1.165, 1.54) is 0 Å². The number of carbonyl (C=O) groups is 1. The Balaban J connectivity index is 1.79. The van der Waals surface area contributed by atoms with Gasteiger partial charge in [-0.25, -0.2) is 0 Å². The van der Waals surface area contributed by atoms with Crippen LogP contribution in [0.15, 0.2) is 24.3 Å². The normalized spacial score (nSPS) is 15.7. The molecular formula is C14H16N2O2. The summed E-state index contributed by atoms with van der Waals surface area (Å²) < 4.78 is 5.23. The molecule has 1 saturated carbocycles. The second-order valence-electron chi connectivity index (χ2n) is 4.91. The maximum Gasteiger partial charge on any atom is 0.310 e. The summed E-state index contributed by atoms with van der Waals surface area (Å²) in [4.78, 5) is 11.6. The number of carbonyl (C=O) groups excluding carboxylic acids is 1. The van der Waals surface area contributed by atoms with Gasteiger partial charge >= 0.3 is 5.97 Å². The molecule has 94 valence electrons. The number of hydrogen-bond donors (Lipinski definition) is 1. The number of nitriles is 1. The third-order valence-corrected chi connectivity index (χ3v) is 3.28. The third kappa shape index (κ3) is 3.24. The molecular weight excluding hydrogens is 228 g/mol. The Morgan fingerprint density at radius 1 is 1.39 bits per heavy atom. The van der Waals surface area contributed by atoms with E-state index in [-0.39, 0.29) is 17.8 Å². The molecule has 2 rings (SSSR count). The smallest absolute Gasteiger partial charge is 0.310 e. The van der Waals surface area contributed by atoms with E-state index in [9.17, 15) is 4.79 Å². The van der Waals surface area contributed by atoms with Gasteiger partial charge in [-0.1, -0.05) is 12.1 Å². The molecule has 1 aliphatic rings. The minimum absolute atomic E-state index is 0.0501. The maximum absolute atomic E-state index is 11.6. The fourth-order valence-electron chi connectivity index (χ4n) is 1.80. The quantitative estimate of drug-likeness (QED) is 0.635. The molecule has 0 bridgehead atoms. The van der Waals surface area contributed by atoms with Gasteiger partial charge in [0.2, 0.25) is 0 Å². The minimum Gasteiger partial charge on any atom is -0.465 e. The van der Waals surface area contributed by atoms with Gasteiger partial charge in [0.05, 0.1) is 19.1 Å². The van der Waals surface area contributed by atoms with E-state index in [4.69, 9.17) is 15.7 Å². The highest BCUT2D eigenvalue weighted by Crippen LogP contribution is 2.48. The molecule has 4 nitrogen and oxygen atoms in total. The third-order valence-electron chi connectivity index (χ3n) is 3.28. The summed E-state index contributed by atoms with van der Waals surface area (Å²) in [6, 6.07) is 9.31. The monoisotopic (exact) mass is 244 g/mol. The fraction of sp³-hybridized carbons (Fsp3) is 0.429. The zero-order valence-electron chi connectivity index (χ0n) is 10.2. The summed E-state index contributed by atoms with van der Waals surface area (Å²) in [5.74, 6) is -0.246. The van der Waals surface area contributed by atoms with E-state index >= 15 is 0 Å². The second kappa shape index (κ2) is 5.09. The van der Waals surface area contributed by atoms with Crippen molar-refractivity contribution in [2.24, 2.45) is 5.41 Å². The Labute approximate surface area is 106 Å². The summed E-state index contributed by atoms with van der Waals surface area (Å²) >= 11 is 0. The first-order valence-electron chi connectivity index (χ1n) is 6.01. The molecule has 0 atom stereocenters. The SMILES string of the molecule is N#CCC1(COC(=O)Cc2ccc(N)cc2)CC1. The van der Waals surface area contributed by atoms with Crippen LogP contribution in [-0.4, -0.2) is 12.6 Å². The van der Waals surface area contributed by atoms with Crippen molar-refractivity contribution >= 4 is 11.7 Å². The van der Waals surface area contributed by atoms with Crippen LogP contribution in [0.2, 0.25) is 0 Å². The van der Waals surface area contributed by atoms with E-state index in [0.29, 0.717) is 18.7 Å². The first kappa shape index (κ1) is 12.4. The molecule has 0 unspecified atom stereocenters. The van der Waals surface area contributed by atoms with Crippen molar-refractivity contribution in [2.45, 2.75) is 25.7 Å². The van der Waals surface area contributed by atoms with Gasteiger partial charge in [-0.3, -0.25) is 4.79 Å². The van der Waals surface area contributed by atoms with Crippen LogP contribution in [0.3, 0.4) is 0 Å². The molecule has 18 heavy (non-hydrogen) atoms. The van der Waals surface area contributed by atoms with Crippen LogP contribution in [-0.2, 0) is 16.0 Å². The lowest BCUT2D eigenvalue weighted by atomic mass is 10.1. The van der Waals surface area contributed by atoms with Crippen molar-refractivity contribution in [3.05, 3.63) is 29.8 Å². The number of hydrogen-bond acceptors (Lipinski definition) is 4. The van der Waals surface area contributed by atoms with E-state index < -0.39 is 0 Å². The summed E-state index contributed by atoms with van der Waals surface area (Å²) in [7, 11) is 0. The molecule has 1 aliphatic carbocycles. The maximum atomic E-state index is 11.6. The molecule has 1 aromatic carbocycles. The molecule has 0 aliphatic heterocycles. The van der Waals surface area contributed by atoms with Crippen LogP contribution in [0, 0.1) is 16.7 Å². The predicted molar refractivity (Wildman–Crippen MR) is 67.4 cm³/mol. The Morgan fingerprint density at radius 2 is 2.06 bits per heavy atom. The largest absolute Gasteiger partial charge is 0.465 e. The van der Waals surface area contributed by atoms with Gasteiger partial charge in [0.15, 0.2) is 0 Å². The van der Waals surface area contributed by atoms with E-state index in [1.807, 2.05) is 12.1 Å². The average molecular weight is 244 g/mol. The highest BCUT2D eigenvalue weighted by Gasteiger charge is 2.43. The van der Waals surface area contributed by atoms with Gasteiger partial charge in [0.1, 0.15) is 0 Å².